The van der Waals surface area contributed by atoms with Gasteiger partial charge in [0.2, 0.25) is 5.91 Å². The predicted octanol–water partition coefficient (Wildman–Crippen LogP) is 2.34. The summed E-state index contributed by atoms with van der Waals surface area (Å²) >= 11 is 0. The summed E-state index contributed by atoms with van der Waals surface area (Å²) in [5.74, 6) is -0.308. The first kappa shape index (κ1) is 16.6. The average Bonchev–Trinajstić information content (AvgIpc) is 2.38. The lowest BCUT2D eigenvalue weighted by atomic mass is 10.1. The van der Waals surface area contributed by atoms with Crippen LogP contribution >= 0.6 is 0 Å². The number of carbonyl (C=O) groups is 1. The zero-order valence-electron chi connectivity index (χ0n) is 12.5. The number of ether oxygens (including phenoxy) is 1. The van der Waals surface area contributed by atoms with Crippen molar-refractivity contribution in [2.75, 3.05) is 13.1 Å². The second-order valence-electron chi connectivity index (χ2n) is 5.64. The fourth-order valence-electron chi connectivity index (χ4n) is 2.63. The zero-order valence-corrected chi connectivity index (χ0v) is 12.5. The fraction of sp³-hybridized carbons (Fsp3) is 0.533. The van der Waals surface area contributed by atoms with E-state index in [0.29, 0.717) is 18.7 Å². The van der Waals surface area contributed by atoms with Crippen LogP contribution in [0.1, 0.15) is 19.4 Å². The zero-order chi connectivity index (χ0) is 16.3. The van der Waals surface area contributed by atoms with Crippen molar-refractivity contribution < 1.29 is 22.7 Å². The van der Waals surface area contributed by atoms with Gasteiger partial charge in [-0.25, -0.2) is 0 Å². The van der Waals surface area contributed by atoms with Gasteiger partial charge in [0, 0.05) is 25.2 Å². The third kappa shape index (κ3) is 4.91. The number of nitrogens with zero attached hydrogens (tertiary/aromatic N) is 1. The maximum atomic E-state index is 12.3. The van der Waals surface area contributed by atoms with E-state index in [1.165, 1.54) is 24.3 Å². The van der Waals surface area contributed by atoms with Crippen LogP contribution in [0.3, 0.4) is 0 Å². The van der Waals surface area contributed by atoms with Gasteiger partial charge in [0.1, 0.15) is 5.75 Å². The number of amides is 1. The van der Waals surface area contributed by atoms with Crippen molar-refractivity contribution in [3.8, 4) is 5.75 Å². The summed E-state index contributed by atoms with van der Waals surface area (Å²) < 4.78 is 40.0. The maximum Gasteiger partial charge on any atom is 0.573 e. The van der Waals surface area contributed by atoms with Crippen LogP contribution in [0.5, 0.6) is 5.75 Å². The Bertz CT molecular complexity index is 507. The molecule has 0 radical (unpaired) electrons. The first-order valence-electron chi connectivity index (χ1n) is 7.11. The molecular formula is C15H19F3N2O2. The van der Waals surface area contributed by atoms with Gasteiger partial charge in [-0.1, -0.05) is 12.1 Å². The number of rotatable bonds is 3. The highest BCUT2D eigenvalue weighted by Gasteiger charge is 2.31. The van der Waals surface area contributed by atoms with E-state index in [9.17, 15) is 18.0 Å². The Balaban J connectivity index is 1.94. The van der Waals surface area contributed by atoms with Crippen molar-refractivity contribution >= 4 is 5.91 Å². The van der Waals surface area contributed by atoms with Crippen LogP contribution in [-0.4, -0.2) is 42.3 Å². The Kier molecular flexibility index (Phi) is 4.95. The summed E-state index contributed by atoms with van der Waals surface area (Å²) in [6, 6.07) is 5.87. The molecule has 1 aromatic rings. The quantitative estimate of drug-likeness (QED) is 0.930. The van der Waals surface area contributed by atoms with Gasteiger partial charge in [-0.05, 0) is 31.5 Å². The molecule has 0 bridgehead atoms. The second kappa shape index (κ2) is 6.56. The highest BCUT2D eigenvalue weighted by Crippen LogP contribution is 2.23. The summed E-state index contributed by atoms with van der Waals surface area (Å²) in [6.45, 7) is 5.30. The van der Waals surface area contributed by atoms with Gasteiger partial charge < -0.3 is 15.0 Å². The molecule has 2 atom stereocenters. The molecule has 1 amide bonds. The SMILES string of the molecule is CC1CN(C(=O)Cc2ccc(OC(F)(F)F)cc2)CC(C)N1. The summed E-state index contributed by atoms with van der Waals surface area (Å²) in [7, 11) is 0. The van der Waals surface area contributed by atoms with Gasteiger partial charge in [0.25, 0.3) is 0 Å². The molecule has 0 aliphatic carbocycles. The largest absolute Gasteiger partial charge is 0.573 e. The highest BCUT2D eigenvalue weighted by molar-refractivity contribution is 5.79. The summed E-state index contributed by atoms with van der Waals surface area (Å²) in [6.07, 6.45) is -4.53. The maximum absolute atomic E-state index is 12.3. The third-order valence-electron chi connectivity index (χ3n) is 3.42. The van der Waals surface area contributed by atoms with Crippen molar-refractivity contribution in [1.29, 1.82) is 0 Å². The van der Waals surface area contributed by atoms with E-state index >= 15 is 0 Å². The van der Waals surface area contributed by atoms with Crippen LogP contribution in [0, 0.1) is 0 Å². The number of piperazine rings is 1. The number of benzene rings is 1. The van der Waals surface area contributed by atoms with Crippen LogP contribution in [-0.2, 0) is 11.2 Å². The van der Waals surface area contributed by atoms with Crippen molar-refractivity contribution in [2.24, 2.45) is 0 Å². The minimum atomic E-state index is -4.70. The van der Waals surface area contributed by atoms with E-state index in [1.807, 2.05) is 13.8 Å². The molecule has 1 aromatic carbocycles. The summed E-state index contributed by atoms with van der Waals surface area (Å²) in [5, 5.41) is 3.34. The first-order chi connectivity index (χ1) is 10.2. The first-order valence-corrected chi connectivity index (χ1v) is 7.11. The normalized spacial score (nSPS) is 22.5. The lowest BCUT2D eigenvalue weighted by molar-refractivity contribution is -0.274. The molecule has 2 unspecified atom stereocenters. The molecule has 22 heavy (non-hydrogen) atoms. The van der Waals surface area contributed by atoms with Gasteiger partial charge in [0.05, 0.1) is 6.42 Å². The molecule has 4 nitrogen and oxygen atoms in total. The van der Waals surface area contributed by atoms with Crippen LogP contribution in [0.25, 0.3) is 0 Å². The minimum absolute atomic E-state index is 0.0234. The van der Waals surface area contributed by atoms with Crippen LogP contribution in [0.4, 0.5) is 13.2 Å². The van der Waals surface area contributed by atoms with E-state index in [0.717, 1.165) is 0 Å². The number of hydrogen-bond acceptors (Lipinski definition) is 3. The van der Waals surface area contributed by atoms with E-state index in [-0.39, 0.29) is 30.2 Å². The van der Waals surface area contributed by atoms with E-state index in [4.69, 9.17) is 0 Å². The molecule has 0 spiro atoms. The van der Waals surface area contributed by atoms with Gasteiger partial charge in [-0.3, -0.25) is 4.79 Å². The van der Waals surface area contributed by atoms with Gasteiger partial charge in [-0.15, -0.1) is 13.2 Å². The number of hydrogen-bond donors (Lipinski definition) is 1. The molecule has 1 aliphatic rings. The fourth-order valence-corrected chi connectivity index (χ4v) is 2.63. The Labute approximate surface area is 127 Å². The highest BCUT2D eigenvalue weighted by atomic mass is 19.4. The monoisotopic (exact) mass is 316 g/mol. The molecule has 2 rings (SSSR count). The van der Waals surface area contributed by atoms with Crippen LogP contribution in [0.15, 0.2) is 24.3 Å². The standard InChI is InChI=1S/C15H19F3N2O2/c1-10-8-20(9-11(2)19-10)14(21)7-12-3-5-13(6-4-12)22-15(16,17)18/h3-6,10-11,19H,7-9H2,1-2H3. The van der Waals surface area contributed by atoms with E-state index in [2.05, 4.69) is 10.1 Å². The Hall–Kier alpha value is -1.76. The summed E-state index contributed by atoms with van der Waals surface area (Å²) in [5.41, 5.74) is 0.665. The average molecular weight is 316 g/mol. The number of carbonyl (C=O) groups excluding carboxylic acids is 1. The molecular weight excluding hydrogens is 297 g/mol. The smallest absolute Gasteiger partial charge is 0.406 e. The lowest BCUT2D eigenvalue weighted by Crippen LogP contribution is -2.56. The minimum Gasteiger partial charge on any atom is -0.406 e. The Morgan fingerprint density at radius 1 is 1.23 bits per heavy atom. The lowest BCUT2D eigenvalue weighted by Gasteiger charge is -2.36. The van der Waals surface area contributed by atoms with Crippen LogP contribution < -0.4 is 10.1 Å². The van der Waals surface area contributed by atoms with Gasteiger partial charge >= 0.3 is 6.36 Å². The van der Waals surface area contributed by atoms with Crippen molar-refractivity contribution in [3.05, 3.63) is 29.8 Å². The predicted molar refractivity (Wildman–Crippen MR) is 75.5 cm³/mol. The summed E-state index contributed by atoms with van der Waals surface area (Å²) in [4.78, 5) is 14.0. The topological polar surface area (TPSA) is 41.6 Å². The van der Waals surface area contributed by atoms with Crippen molar-refractivity contribution in [3.63, 3.8) is 0 Å². The third-order valence-corrected chi connectivity index (χ3v) is 3.42. The molecule has 1 heterocycles. The Morgan fingerprint density at radius 2 is 1.77 bits per heavy atom. The molecule has 7 heteroatoms. The van der Waals surface area contributed by atoms with Crippen LogP contribution in [0.2, 0.25) is 0 Å². The molecule has 1 fully saturated rings. The molecule has 122 valence electrons. The number of halogens is 3. The second-order valence-corrected chi connectivity index (χ2v) is 5.64. The van der Waals surface area contributed by atoms with Crippen molar-refractivity contribution in [2.45, 2.75) is 38.7 Å². The number of alkyl halides is 3. The van der Waals surface area contributed by atoms with E-state index in [1.54, 1.807) is 4.90 Å². The molecule has 1 aliphatic heterocycles. The van der Waals surface area contributed by atoms with Gasteiger partial charge in [-0.2, -0.15) is 0 Å². The number of nitrogens with one attached hydrogen (secondary N) is 1. The molecule has 0 saturated carbocycles. The van der Waals surface area contributed by atoms with E-state index < -0.39 is 6.36 Å². The van der Waals surface area contributed by atoms with Crippen molar-refractivity contribution in [1.82, 2.24) is 10.2 Å². The van der Waals surface area contributed by atoms with Gasteiger partial charge in [0.15, 0.2) is 0 Å². The molecule has 0 aromatic heterocycles. The molecule has 1 saturated heterocycles. The Morgan fingerprint density at radius 3 is 2.27 bits per heavy atom. The molecule has 1 N–H and O–H groups in total.